The summed E-state index contributed by atoms with van der Waals surface area (Å²) in [5.41, 5.74) is 0.475. The second-order valence-corrected chi connectivity index (χ2v) is 3.74. The van der Waals surface area contributed by atoms with Gasteiger partial charge in [0.1, 0.15) is 5.56 Å². The summed E-state index contributed by atoms with van der Waals surface area (Å²) in [5, 5.41) is 2.92. The molecule has 0 saturated heterocycles. The minimum atomic E-state index is -0.532. The van der Waals surface area contributed by atoms with Crippen molar-refractivity contribution in [3.63, 3.8) is 0 Å². The first kappa shape index (κ1) is 10.0. The van der Waals surface area contributed by atoms with Gasteiger partial charge in [0.25, 0.3) is 5.56 Å². The van der Waals surface area contributed by atoms with Crippen molar-refractivity contribution >= 4 is 5.97 Å². The molecule has 1 N–H and O–H groups in total. The van der Waals surface area contributed by atoms with Gasteiger partial charge < -0.3 is 4.74 Å². The maximum Gasteiger partial charge on any atom is 0.345 e. The van der Waals surface area contributed by atoms with E-state index in [1.165, 1.54) is 4.68 Å². The van der Waals surface area contributed by atoms with Crippen molar-refractivity contribution in [3.05, 3.63) is 21.6 Å². The van der Waals surface area contributed by atoms with Gasteiger partial charge in [0, 0.05) is 5.69 Å². The van der Waals surface area contributed by atoms with Crippen LogP contribution in [0.3, 0.4) is 0 Å². The van der Waals surface area contributed by atoms with Gasteiger partial charge in [0.05, 0.1) is 12.6 Å². The lowest BCUT2D eigenvalue weighted by Gasteiger charge is -1.97. The Balaban J connectivity index is 2.38. The van der Waals surface area contributed by atoms with Gasteiger partial charge in [0.2, 0.25) is 0 Å². The minimum absolute atomic E-state index is 0.142. The van der Waals surface area contributed by atoms with Crippen LogP contribution in [-0.4, -0.2) is 22.4 Å². The highest BCUT2D eigenvalue weighted by Crippen LogP contribution is 2.33. The van der Waals surface area contributed by atoms with Gasteiger partial charge >= 0.3 is 5.97 Å². The SMILES string of the molecule is CCOC(=O)c1c(C)[nH]n(C2CC2)c1=O. The zero-order valence-corrected chi connectivity index (χ0v) is 8.87. The van der Waals surface area contributed by atoms with Crippen molar-refractivity contribution in [2.75, 3.05) is 6.61 Å². The van der Waals surface area contributed by atoms with Crippen molar-refractivity contribution in [1.82, 2.24) is 9.78 Å². The van der Waals surface area contributed by atoms with E-state index in [-0.39, 0.29) is 23.8 Å². The first-order valence-electron chi connectivity index (χ1n) is 5.13. The average Bonchev–Trinajstić information content (AvgIpc) is 2.94. The van der Waals surface area contributed by atoms with Gasteiger partial charge in [-0.1, -0.05) is 0 Å². The molecule has 0 radical (unpaired) electrons. The Kier molecular flexibility index (Phi) is 2.38. The quantitative estimate of drug-likeness (QED) is 0.757. The number of rotatable bonds is 3. The molecule has 1 fully saturated rings. The largest absolute Gasteiger partial charge is 0.462 e. The number of aromatic amines is 1. The summed E-state index contributed by atoms with van der Waals surface area (Å²) in [6.07, 6.45) is 2.00. The Labute approximate surface area is 87.0 Å². The molecule has 0 atom stereocenters. The number of nitrogens with zero attached hydrogens (tertiary/aromatic N) is 1. The van der Waals surface area contributed by atoms with Crippen molar-refractivity contribution in [1.29, 1.82) is 0 Å². The number of carbonyl (C=O) groups is 1. The molecule has 0 bridgehead atoms. The Morgan fingerprint density at radius 3 is 2.80 bits per heavy atom. The molecular formula is C10H14N2O3. The fourth-order valence-electron chi connectivity index (χ4n) is 1.60. The third kappa shape index (κ3) is 1.69. The van der Waals surface area contributed by atoms with E-state index in [2.05, 4.69) is 5.10 Å². The van der Waals surface area contributed by atoms with Crippen LogP contribution in [0.5, 0.6) is 0 Å². The molecule has 0 aromatic carbocycles. The minimum Gasteiger partial charge on any atom is -0.462 e. The molecule has 1 aromatic heterocycles. The molecule has 15 heavy (non-hydrogen) atoms. The first-order valence-corrected chi connectivity index (χ1v) is 5.13. The van der Waals surface area contributed by atoms with E-state index in [0.717, 1.165) is 12.8 Å². The maximum absolute atomic E-state index is 11.8. The lowest BCUT2D eigenvalue weighted by Crippen LogP contribution is -2.22. The van der Waals surface area contributed by atoms with Gasteiger partial charge in [-0.15, -0.1) is 0 Å². The van der Waals surface area contributed by atoms with Crippen molar-refractivity contribution in [3.8, 4) is 0 Å². The second-order valence-electron chi connectivity index (χ2n) is 3.74. The average molecular weight is 210 g/mol. The van der Waals surface area contributed by atoms with Crippen LogP contribution in [0.4, 0.5) is 0 Å². The van der Waals surface area contributed by atoms with Crippen LogP contribution >= 0.6 is 0 Å². The second kappa shape index (κ2) is 3.56. The number of carbonyl (C=O) groups excluding carboxylic acids is 1. The topological polar surface area (TPSA) is 64.1 Å². The highest BCUT2D eigenvalue weighted by atomic mass is 16.5. The molecule has 0 amide bonds. The van der Waals surface area contributed by atoms with Crippen molar-refractivity contribution in [2.24, 2.45) is 0 Å². The van der Waals surface area contributed by atoms with Gasteiger partial charge in [-0.2, -0.15) is 0 Å². The molecule has 0 spiro atoms. The number of aromatic nitrogens is 2. The van der Waals surface area contributed by atoms with Crippen LogP contribution in [0.25, 0.3) is 0 Å². The van der Waals surface area contributed by atoms with Crippen LogP contribution in [0.15, 0.2) is 4.79 Å². The highest BCUT2D eigenvalue weighted by molar-refractivity contribution is 5.90. The molecular weight excluding hydrogens is 196 g/mol. The highest BCUT2D eigenvalue weighted by Gasteiger charge is 2.29. The summed E-state index contributed by atoms with van der Waals surface area (Å²) in [6.45, 7) is 3.72. The summed E-state index contributed by atoms with van der Waals surface area (Å²) in [4.78, 5) is 23.3. The molecule has 1 heterocycles. The first-order chi connectivity index (χ1) is 7.15. The summed E-state index contributed by atoms with van der Waals surface area (Å²) in [5.74, 6) is -0.532. The zero-order valence-electron chi connectivity index (χ0n) is 8.87. The molecule has 1 saturated carbocycles. The number of ether oxygens (including phenoxy) is 1. The molecule has 1 aliphatic carbocycles. The van der Waals surface area contributed by atoms with E-state index < -0.39 is 5.97 Å². The molecule has 0 aliphatic heterocycles. The molecule has 0 unspecified atom stereocenters. The van der Waals surface area contributed by atoms with Crippen LogP contribution in [0.1, 0.15) is 41.9 Å². The van der Waals surface area contributed by atoms with Crippen molar-refractivity contribution in [2.45, 2.75) is 32.7 Å². The normalized spacial score (nSPS) is 15.3. The van der Waals surface area contributed by atoms with Crippen molar-refractivity contribution < 1.29 is 9.53 Å². The molecule has 1 aliphatic rings. The molecule has 82 valence electrons. The lowest BCUT2D eigenvalue weighted by molar-refractivity contribution is 0.0524. The standard InChI is InChI=1S/C10H14N2O3/c1-3-15-10(14)8-6(2)11-12(9(8)13)7-4-5-7/h7,11H,3-5H2,1-2H3. The monoisotopic (exact) mass is 210 g/mol. The Morgan fingerprint density at radius 2 is 2.27 bits per heavy atom. The van der Waals surface area contributed by atoms with E-state index in [4.69, 9.17) is 4.74 Å². The van der Waals surface area contributed by atoms with Crippen LogP contribution in [-0.2, 0) is 4.74 Å². The number of hydrogen-bond acceptors (Lipinski definition) is 3. The predicted molar refractivity (Wildman–Crippen MR) is 54.0 cm³/mol. The molecule has 5 nitrogen and oxygen atoms in total. The van der Waals surface area contributed by atoms with E-state index in [1.54, 1.807) is 13.8 Å². The molecule has 2 rings (SSSR count). The summed E-state index contributed by atoms with van der Waals surface area (Å²) < 4.78 is 6.36. The number of hydrogen-bond donors (Lipinski definition) is 1. The summed E-state index contributed by atoms with van der Waals surface area (Å²) in [6, 6.07) is 0.249. The summed E-state index contributed by atoms with van der Waals surface area (Å²) >= 11 is 0. The fraction of sp³-hybridized carbons (Fsp3) is 0.600. The summed E-state index contributed by atoms with van der Waals surface area (Å²) in [7, 11) is 0. The predicted octanol–water partition coefficient (Wildman–Crippen LogP) is 0.996. The Hall–Kier alpha value is -1.52. The van der Waals surface area contributed by atoms with Crippen LogP contribution in [0.2, 0.25) is 0 Å². The van der Waals surface area contributed by atoms with Crippen LogP contribution in [0, 0.1) is 6.92 Å². The third-order valence-corrected chi connectivity index (χ3v) is 2.49. The Bertz CT molecular complexity index is 440. The zero-order chi connectivity index (χ0) is 11.0. The van der Waals surface area contributed by atoms with Gasteiger partial charge in [-0.05, 0) is 26.7 Å². The van der Waals surface area contributed by atoms with E-state index in [0.29, 0.717) is 5.69 Å². The number of nitrogens with one attached hydrogen (secondary N) is 1. The van der Waals surface area contributed by atoms with Gasteiger partial charge in [-0.3, -0.25) is 9.89 Å². The number of esters is 1. The van der Waals surface area contributed by atoms with Gasteiger partial charge in [-0.25, -0.2) is 9.48 Å². The van der Waals surface area contributed by atoms with E-state index in [9.17, 15) is 9.59 Å². The smallest absolute Gasteiger partial charge is 0.345 e. The number of aryl methyl sites for hydroxylation is 1. The van der Waals surface area contributed by atoms with E-state index >= 15 is 0 Å². The van der Waals surface area contributed by atoms with E-state index in [1.807, 2.05) is 0 Å². The van der Waals surface area contributed by atoms with Crippen LogP contribution < -0.4 is 5.56 Å². The third-order valence-electron chi connectivity index (χ3n) is 2.49. The molecule has 5 heteroatoms. The molecule has 1 aromatic rings. The van der Waals surface area contributed by atoms with Gasteiger partial charge in [0.15, 0.2) is 0 Å². The lowest BCUT2D eigenvalue weighted by atomic mass is 10.2. The number of H-pyrrole nitrogens is 1. The fourth-order valence-corrected chi connectivity index (χ4v) is 1.60. The Morgan fingerprint density at radius 1 is 1.60 bits per heavy atom. The maximum atomic E-state index is 11.8.